The number of hydrogen-bond acceptors (Lipinski definition) is 4. The summed E-state index contributed by atoms with van der Waals surface area (Å²) < 4.78 is 11.2. The van der Waals surface area contributed by atoms with Gasteiger partial charge in [-0.3, -0.25) is 9.59 Å². The fourth-order valence-corrected chi connectivity index (χ4v) is 3.73. The van der Waals surface area contributed by atoms with E-state index in [1.165, 1.54) is 12.8 Å². The Hall–Kier alpha value is -1.06. The second-order valence-corrected chi connectivity index (χ2v) is 11.2. The van der Waals surface area contributed by atoms with Gasteiger partial charge in [0.15, 0.2) is 5.92 Å². The van der Waals surface area contributed by atoms with Crippen LogP contribution in [0.4, 0.5) is 0 Å². The van der Waals surface area contributed by atoms with Crippen LogP contribution in [0.15, 0.2) is 0 Å². The highest BCUT2D eigenvalue weighted by atomic mass is 16.6. The van der Waals surface area contributed by atoms with Crippen molar-refractivity contribution in [1.82, 2.24) is 0 Å². The van der Waals surface area contributed by atoms with Crippen LogP contribution in [0.25, 0.3) is 0 Å². The van der Waals surface area contributed by atoms with Gasteiger partial charge in [-0.25, -0.2) is 0 Å². The number of ether oxygens (including phenoxy) is 2. The first-order chi connectivity index (χ1) is 12.3. The molecule has 1 aliphatic rings. The summed E-state index contributed by atoms with van der Waals surface area (Å²) in [5.74, 6) is -0.777. The van der Waals surface area contributed by atoms with Crippen molar-refractivity contribution in [3.63, 3.8) is 0 Å². The third-order valence-corrected chi connectivity index (χ3v) is 4.98. The third kappa shape index (κ3) is 9.12. The van der Waals surface area contributed by atoms with E-state index in [9.17, 15) is 9.59 Å². The molecule has 0 aliphatic heterocycles. The lowest BCUT2D eigenvalue weighted by atomic mass is 9.75. The van der Waals surface area contributed by atoms with Crippen LogP contribution < -0.4 is 0 Å². The summed E-state index contributed by atoms with van der Waals surface area (Å²) >= 11 is 0. The Morgan fingerprint density at radius 2 is 1.26 bits per heavy atom. The summed E-state index contributed by atoms with van der Waals surface area (Å²) in [4.78, 5) is 26.0. The number of carbonyl (C=O) groups is 2. The first kappa shape index (κ1) is 24.0. The molecule has 1 unspecified atom stereocenters. The van der Waals surface area contributed by atoms with E-state index >= 15 is 0 Å². The van der Waals surface area contributed by atoms with Gasteiger partial charge < -0.3 is 9.47 Å². The predicted molar refractivity (Wildman–Crippen MR) is 109 cm³/mol. The van der Waals surface area contributed by atoms with Gasteiger partial charge in [0, 0.05) is 0 Å². The Labute approximate surface area is 166 Å². The summed E-state index contributed by atoms with van der Waals surface area (Å²) in [6.45, 7) is 17.1. The second-order valence-electron chi connectivity index (χ2n) is 11.2. The highest BCUT2D eigenvalue weighted by Crippen LogP contribution is 2.40. The van der Waals surface area contributed by atoms with Crippen molar-refractivity contribution in [2.24, 2.45) is 34.5 Å². The Bertz CT molecular complexity index is 446. The molecular formula is C23H42O4. The first-order valence-electron chi connectivity index (χ1n) is 10.6. The average Bonchev–Trinajstić information content (AvgIpc) is 3.02. The van der Waals surface area contributed by atoms with Crippen molar-refractivity contribution in [2.75, 3.05) is 13.2 Å². The van der Waals surface area contributed by atoms with Crippen LogP contribution >= 0.6 is 0 Å². The van der Waals surface area contributed by atoms with Crippen LogP contribution in [0.1, 0.15) is 87.5 Å². The minimum Gasteiger partial charge on any atom is -0.464 e. The number of esters is 2. The van der Waals surface area contributed by atoms with Gasteiger partial charge in [0.2, 0.25) is 0 Å². The van der Waals surface area contributed by atoms with E-state index in [4.69, 9.17) is 9.47 Å². The zero-order valence-corrected chi connectivity index (χ0v) is 18.9. The molecule has 4 nitrogen and oxygen atoms in total. The van der Waals surface area contributed by atoms with Gasteiger partial charge in [-0.15, -0.1) is 0 Å². The van der Waals surface area contributed by atoms with Crippen molar-refractivity contribution in [1.29, 1.82) is 0 Å². The molecule has 0 aromatic carbocycles. The normalized spacial score (nSPS) is 17.4. The van der Waals surface area contributed by atoms with Crippen molar-refractivity contribution < 1.29 is 19.1 Å². The van der Waals surface area contributed by atoms with Gasteiger partial charge in [-0.05, 0) is 35.0 Å². The maximum Gasteiger partial charge on any atom is 0.320 e. The molecule has 1 rings (SSSR count). The smallest absolute Gasteiger partial charge is 0.320 e. The molecule has 1 saturated carbocycles. The SMILES string of the molecule is CC(C)CC(C1CCCC1)C(C(=O)OCC(C)(C)C)C(=O)OCC(C)(C)C. The van der Waals surface area contributed by atoms with Crippen LogP contribution in [0.5, 0.6) is 0 Å². The van der Waals surface area contributed by atoms with Crippen molar-refractivity contribution in [3.8, 4) is 0 Å². The van der Waals surface area contributed by atoms with Gasteiger partial charge in [0.05, 0.1) is 13.2 Å². The molecule has 0 radical (unpaired) electrons. The standard InChI is InChI=1S/C23H42O4/c1-16(2)13-18(17-11-9-10-12-17)19(20(24)26-14-22(3,4)5)21(25)27-15-23(6,7)8/h16-19H,9-15H2,1-8H3. The predicted octanol–water partition coefficient (Wildman–Crippen LogP) is 5.63. The Morgan fingerprint density at radius 3 is 1.59 bits per heavy atom. The van der Waals surface area contributed by atoms with Crippen LogP contribution in [0.2, 0.25) is 0 Å². The van der Waals surface area contributed by atoms with Crippen molar-refractivity contribution in [3.05, 3.63) is 0 Å². The molecule has 0 heterocycles. The summed E-state index contributed by atoms with van der Waals surface area (Å²) in [7, 11) is 0. The molecule has 1 atom stereocenters. The van der Waals surface area contributed by atoms with Crippen LogP contribution in [0.3, 0.4) is 0 Å². The summed E-state index contributed by atoms with van der Waals surface area (Å²) in [6.07, 6.45) is 5.39. The van der Waals surface area contributed by atoms with Gasteiger partial charge in [0.25, 0.3) is 0 Å². The number of hydrogen-bond donors (Lipinski definition) is 0. The molecule has 0 aromatic heterocycles. The minimum absolute atomic E-state index is 0.00689. The molecule has 1 fully saturated rings. The zero-order valence-electron chi connectivity index (χ0n) is 18.9. The molecule has 4 heteroatoms. The monoisotopic (exact) mass is 382 g/mol. The molecule has 0 bridgehead atoms. The number of carbonyl (C=O) groups excluding carboxylic acids is 2. The number of rotatable bonds is 8. The Kier molecular flexibility index (Phi) is 8.82. The third-order valence-electron chi connectivity index (χ3n) is 4.98. The summed E-state index contributed by atoms with van der Waals surface area (Å²) in [5.41, 5.74) is -0.257. The fourth-order valence-electron chi connectivity index (χ4n) is 3.73. The van der Waals surface area contributed by atoms with E-state index in [1.54, 1.807) is 0 Å². The highest BCUT2D eigenvalue weighted by molar-refractivity contribution is 5.95. The molecule has 0 amide bonds. The first-order valence-corrected chi connectivity index (χ1v) is 10.6. The summed E-state index contributed by atoms with van der Waals surface area (Å²) in [5, 5.41) is 0. The van der Waals surface area contributed by atoms with Crippen molar-refractivity contribution >= 4 is 11.9 Å². The topological polar surface area (TPSA) is 52.6 Å². The summed E-state index contributed by atoms with van der Waals surface area (Å²) in [6, 6.07) is 0. The van der Waals surface area contributed by atoms with E-state index in [-0.39, 0.29) is 16.7 Å². The largest absolute Gasteiger partial charge is 0.464 e. The minimum atomic E-state index is -0.805. The van der Waals surface area contributed by atoms with Crippen LogP contribution in [-0.2, 0) is 19.1 Å². The maximum absolute atomic E-state index is 13.0. The van der Waals surface area contributed by atoms with Crippen molar-refractivity contribution in [2.45, 2.75) is 87.5 Å². The quantitative estimate of drug-likeness (QED) is 0.403. The van der Waals surface area contributed by atoms with Gasteiger partial charge in [-0.2, -0.15) is 0 Å². The molecule has 27 heavy (non-hydrogen) atoms. The molecule has 158 valence electrons. The lowest BCUT2D eigenvalue weighted by Crippen LogP contribution is -2.40. The molecule has 0 saturated heterocycles. The van der Waals surface area contributed by atoms with Gasteiger partial charge in [-0.1, -0.05) is 81.1 Å². The second kappa shape index (κ2) is 9.93. The van der Waals surface area contributed by atoms with E-state index < -0.39 is 17.9 Å². The molecule has 0 spiro atoms. The lowest BCUT2D eigenvalue weighted by Gasteiger charge is -2.32. The molecule has 0 aromatic rings. The Morgan fingerprint density at radius 1 is 0.852 bits per heavy atom. The zero-order chi connectivity index (χ0) is 20.8. The fraction of sp³-hybridized carbons (Fsp3) is 0.913. The van der Waals surface area contributed by atoms with Gasteiger partial charge >= 0.3 is 11.9 Å². The molecular weight excluding hydrogens is 340 g/mol. The van der Waals surface area contributed by atoms with E-state index in [2.05, 4.69) is 13.8 Å². The lowest BCUT2D eigenvalue weighted by molar-refractivity contribution is -0.169. The van der Waals surface area contributed by atoms with E-state index in [1.807, 2.05) is 41.5 Å². The maximum atomic E-state index is 13.0. The van der Waals surface area contributed by atoms with E-state index in [0.717, 1.165) is 19.3 Å². The van der Waals surface area contributed by atoms with E-state index in [0.29, 0.717) is 25.0 Å². The average molecular weight is 383 g/mol. The highest BCUT2D eigenvalue weighted by Gasteiger charge is 2.43. The van der Waals surface area contributed by atoms with Crippen LogP contribution in [0, 0.1) is 34.5 Å². The van der Waals surface area contributed by atoms with Crippen LogP contribution in [-0.4, -0.2) is 25.2 Å². The molecule has 0 N–H and O–H groups in total. The molecule has 1 aliphatic carbocycles. The Balaban J connectivity index is 3.03. The van der Waals surface area contributed by atoms with Gasteiger partial charge in [0.1, 0.15) is 0 Å².